The fourth-order valence-corrected chi connectivity index (χ4v) is 6.33. The Balaban J connectivity index is 2.14. The van der Waals surface area contributed by atoms with Crippen molar-refractivity contribution in [1.82, 2.24) is 0 Å². The van der Waals surface area contributed by atoms with E-state index in [9.17, 15) is 9.46 Å². The van der Waals surface area contributed by atoms with E-state index in [2.05, 4.69) is 0 Å². The molecule has 0 amide bonds. The minimum absolute atomic E-state index is 0.345. The molecule has 0 saturated carbocycles. The highest BCUT2D eigenvalue weighted by molar-refractivity contribution is 7.61. The molecule has 0 fully saturated rings. The minimum Gasteiger partial charge on any atom is -0.496 e. The molecule has 4 rings (SSSR count). The largest absolute Gasteiger partial charge is 0.496 e. The molecule has 1 heterocycles. The summed E-state index contributed by atoms with van der Waals surface area (Å²) in [7, 11) is -2.51. The Kier molecular flexibility index (Phi) is 5.97. The van der Waals surface area contributed by atoms with Gasteiger partial charge in [0.2, 0.25) is 0 Å². The van der Waals surface area contributed by atoms with Gasteiger partial charge in [0, 0.05) is 11.1 Å². The molecule has 0 aromatic heterocycles. The summed E-state index contributed by atoms with van der Waals surface area (Å²) in [5.41, 5.74) is 5.28. The predicted molar refractivity (Wildman–Crippen MR) is 124 cm³/mol. The Morgan fingerprint density at radius 3 is 2.42 bits per heavy atom. The Morgan fingerprint density at radius 2 is 1.74 bits per heavy atom. The molecule has 1 aliphatic rings. The normalized spacial score (nSPS) is 16.2. The molecule has 3 aromatic rings. The molecule has 0 saturated heterocycles. The van der Waals surface area contributed by atoms with Gasteiger partial charge in [0.25, 0.3) is 0 Å². The van der Waals surface area contributed by atoms with Crippen LogP contribution in [0.15, 0.2) is 36.4 Å². The number of ether oxygens (including phenoxy) is 2. The third-order valence-electron chi connectivity index (χ3n) is 6.27. The summed E-state index contributed by atoms with van der Waals surface area (Å²) in [6.07, 6.45) is 0.297. The summed E-state index contributed by atoms with van der Waals surface area (Å²) in [5, 5.41) is 2.35. The second kappa shape index (κ2) is 8.40. The zero-order chi connectivity index (χ0) is 22.3. The Bertz CT molecular complexity index is 1200. The van der Waals surface area contributed by atoms with Crippen LogP contribution in [0.2, 0.25) is 0 Å². The number of hydrogen-bond donors (Lipinski definition) is 1. The van der Waals surface area contributed by atoms with Gasteiger partial charge in [-0.25, -0.2) is 0 Å². The molecule has 2 atom stereocenters. The third-order valence-corrected chi connectivity index (χ3v) is 8.04. The van der Waals surface area contributed by atoms with Gasteiger partial charge in [0.1, 0.15) is 5.75 Å². The number of methoxy groups -OCH3 is 1. The zero-order valence-corrected chi connectivity index (χ0v) is 19.6. The van der Waals surface area contributed by atoms with Crippen LogP contribution in [0.3, 0.4) is 0 Å². The molecule has 31 heavy (non-hydrogen) atoms. The van der Waals surface area contributed by atoms with Crippen LogP contribution < -0.4 is 10.0 Å². The topological polar surface area (TPSA) is 65.0 Å². The van der Waals surface area contributed by atoms with E-state index in [0.717, 1.165) is 38.6 Å². The average Bonchev–Trinajstić information content (AvgIpc) is 3.25. The zero-order valence-electron chi connectivity index (χ0n) is 18.7. The third kappa shape index (κ3) is 3.70. The molecule has 0 bridgehead atoms. The lowest BCUT2D eigenvalue weighted by Crippen LogP contribution is -2.21. The lowest BCUT2D eigenvalue weighted by molar-refractivity contribution is 0.134. The highest BCUT2D eigenvalue weighted by Crippen LogP contribution is 2.51. The maximum atomic E-state index is 13.7. The summed E-state index contributed by atoms with van der Waals surface area (Å²) in [4.78, 5) is 11.3. The van der Waals surface area contributed by atoms with Gasteiger partial charge in [0.05, 0.1) is 31.7 Å². The number of fused-ring (bicyclic) bond motifs is 2. The molecular weight excluding hydrogens is 411 g/mol. The summed E-state index contributed by atoms with van der Waals surface area (Å²) in [6.45, 7) is 8.58. The van der Waals surface area contributed by atoms with Crippen molar-refractivity contribution in [2.45, 2.75) is 53.4 Å². The smallest absolute Gasteiger partial charge is 0.359 e. The first-order valence-corrected chi connectivity index (χ1v) is 12.2. The Labute approximate surface area is 183 Å². The van der Waals surface area contributed by atoms with Gasteiger partial charge in [-0.1, -0.05) is 37.3 Å². The van der Waals surface area contributed by atoms with E-state index < -0.39 is 7.60 Å². The summed E-state index contributed by atoms with van der Waals surface area (Å²) in [5.74, 6) is 0.657. The van der Waals surface area contributed by atoms with E-state index in [0.29, 0.717) is 36.3 Å². The number of hydrogen-bond acceptors (Lipinski definition) is 4. The van der Waals surface area contributed by atoms with Crippen molar-refractivity contribution in [2.24, 2.45) is 0 Å². The average molecular weight is 440 g/mol. The van der Waals surface area contributed by atoms with E-state index >= 15 is 0 Å². The van der Waals surface area contributed by atoms with Crippen LogP contribution >= 0.6 is 7.60 Å². The second-order valence-corrected chi connectivity index (χ2v) is 9.83. The van der Waals surface area contributed by atoms with Crippen molar-refractivity contribution in [3.8, 4) is 16.9 Å². The first-order chi connectivity index (χ1) is 14.8. The molecule has 1 N–H and O–H groups in total. The van der Waals surface area contributed by atoms with Crippen LogP contribution in [0, 0.1) is 13.8 Å². The van der Waals surface area contributed by atoms with Crippen molar-refractivity contribution >= 4 is 23.7 Å². The molecule has 5 nitrogen and oxygen atoms in total. The second-order valence-electron chi connectivity index (χ2n) is 8.13. The molecular formula is C25H29O5P. The van der Waals surface area contributed by atoms with Gasteiger partial charge < -0.3 is 18.9 Å². The first-order valence-electron chi connectivity index (χ1n) is 10.6. The van der Waals surface area contributed by atoms with E-state index in [1.165, 1.54) is 0 Å². The van der Waals surface area contributed by atoms with Gasteiger partial charge in [-0.05, 0) is 66.3 Å². The lowest BCUT2D eigenvalue weighted by Gasteiger charge is -2.26. The highest BCUT2D eigenvalue weighted by atomic mass is 31.2. The number of rotatable bonds is 6. The number of benzene rings is 3. The van der Waals surface area contributed by atoms with Crippen molar-refractivity contribution in [2.75, 3.05) is 7.11 Å². The summed E-state index contributed by atoms with van der Waals surface area (Å²) in [6, 6.07) is 11.9. The van der Waals surface area contributed by atoms with Crippen LogP contribution in [0.25, 0.3) is 21.9 Å². The van der Waals surface area contributed by atoms with Crippen molar-refractivity contribution in [3.05, 3.63) is 58.7 Å². The summed E-state index contributed by atoms with van der Waals surface area (Å²) >= 11 is 0. The van der Waals surface area contributed by atoms with Crippen molar-refractivity contribution < 1.29 is 23.5 Å². The minimum atomic E-state index is -4.14. The Morgan fingerprint density at radius 1 is 1.06 bits per heavy atom. The van der Waals surface area contributed by atoms with E-state index in [4.69, 9.17) is 14.0 Å². The van der Waals surface area contributed by atoms with Gasteiger partial charge in [-0.15, -0.1) is 0 Å². The first kappa shape index (κ1) is 22.0. The quantitative estimate of drug-likeness (QED) is 0.492. The van der Waals surface area contributed by atoms with E-state index in [-0.39, 0.29) is 6.10 Å². The molecule has 0 radical (unpaired) electrons. The molecule has 2 unspecified atom stereocenters. The van der Waals surface area contributed by atoms with E-state index in [1.807, 2.05) is 64.1 Å². The van der Waals surface area contributed by atoms with Gasteiger partial charge in [-0.3, -0.25) is 4.57 Å². The van der Waals surface area contributed by atoms with Crippen LogP contribution in [-0.4, -0.2) is 18.1 Å². The van der Waals surface area contributed by atoms with Crippen LogP contribution in [0.4, 0.5) is 0 Å². The van der Waals surface area contributed by atoms with Crippen molar-refractivity contribution in [3.63, 3.8) is 0 Å². The highest BCUT2D eigenvalue weighted by Gasteiger charge is 2.36. The molecule has 0 aliphatic carbocycles. The lowest BCUT2D eigenvalue weighted by atomic mass is 9.88. The predicted octanol–water partition coefficient (Wildman–Crippen LogP) is 5.79. The molecule has 0 spiro atoms. The van der Waals surface area contributed by atoms with Crippen LogP contribution in [0.1, 0.15) is 42.5 Å². The standard InChI is InChI=1S/C25H29O5P/c1-6-15(2)30-31(26,27)25-17(4)21-14-29-13-20(21)16(3)23(25)24-19-10-8-7-9-18(19)11-12-22(24)28-5/h7-12,15H,6,13-14H2,1-5H3,(H,26,27). The molecule has 164 valence electrons. The van der Waals surface area contributed by atoms with Gasteiger partial charge in [-0.2, -0.15) is 0 Å². The van der Waals surface area contributed by atoms with Gasteiger partial charge >= 0.3 is 7.60 Å². The SMILES string of the molecule is CCC(C)OP(=O)(O)c1c(C)c2c(c(C)c1-c1c(OC)ccc3ccccc13)COC2. The molecule has 6 heteroatoms. The Hall–Kier alpha value is -2.17. The fraction of sp³-hybridized carbons (Fsp3) is 0.360. The van der Waals surface area contributed by atoms with Crippen molar-refractivity contribution in [1.29, 1.82) is 0 Å². The monoisotopic (exact) mass is 440 g/mol. The maximum absolute atomic E-state index is 13.7. The maximum Gasteiger partial charge on any atom is 0.359 e. The van der Waals surface area contributed by atoms with Gasteiger partial charge in [0.15, 0.2) is 0 Å². The molecule has 3 aromatic carbocycles. The van der Waals surface area contributed by atoms with Crippen LogP contribution in [0.5, 0.6) is 5.75 Å². The summed E-state index contributed by atoms with van der Waals surface area (Å²) < 4.78 is 31.0. The fourth-order valence-electron chi connectivity index (χ4n) is 4.47. The van der Waals surface area contributed by atoms with Crippen LogP contribution in [-0.2, 0) is 27.0 Å². The molecule has 1 aliphatic heterocycles. The van der Waals surface area contributed by atoms with E-state index in [1.54, 1.807) is 7.11 Å².